The Bertz CT molecular complexity index is 995. The number of hydrazone groups is 1. The van der Waals surface area contributed by atoms with Crippen molar-refractivity contribution in [1.29, 1.82) is 0 Å². The van der Waals surface area contributed by atoms with Crippen molar-refractivity contribution in [3.05, 3.63) is 65.7 Å². The fourth-order valence-electron chi connectivity index (χ4n) is 5.29. The van der Waals surface area contributed by atoms with Crippen LogP contribution in [0.5, 0.6) is 0 Å². The predicted octanol–water partition coefficient (Wildman–Crippen LogP) is 4.04. The Morgan fingerprint density at radius 2 is 1.68 bits per heavy atom. The van der Waals surface area contributed by atoms with Gasteiger partial charge in [0.25, 0.3) is 0 Å². The number of piperidine rings is 1. The van der Waals surface area contributed by atoms with Crippen LogP contribution >= 0.6 is 0 Å². The first-order valence-electron chi connectivity index (χ1n) is 12.6. The maximum absolute atomic E-state index is 12.4. The molecule has 1 amide bonds. The van der Waals surface area contributed by atoms with E-state index in [-0.39, 0.29) is 12.0 Å². The summed E-state index contributed by atoms with van der Waals surface area (Å²) in [4.78, 5) is 16.6. The Labute approximate surface area is 202 Å². The van der Waals surface area contributed by atoms with E-state index < -0.39 is 5.60 Å². The summed E-state index contributed by atoms with van der Waals surface area (Å²) in [6.45, 7) is 3.15. The summed E-state index contributed by atoms with van der Waals surface area (Å²) in [6.07, 6.45) is 6.87. The average Bonchev–Trinajstić information content (AvgIpc) is 3.60. The molecule has 180 valence electrons. The summed E-state index contributed by atoms with van der Waals surface area (Å²) in [7, 11) is 2.14. The molecule has 2 heterocycles. The number of carbonyl (C=O) groups is 1. The summed E-state index contributed by atoms with van der Waals surface area (Å²) in [5, 5.41) is 18.0. The molecule has 2 fully saturated rings. The van der Waals surface area contributed by atoms with Crippen molar-refractivity contribution in [1.82, 2.24) is 9.80 Å². The molecule has 0 radical (unpaired) electrons. The second kappa shape index (κ2) is 9.88. The van der Waals surface area contributed by atoms with Gasteiger partial charge in [-0.25, -0.2) is 0 Å². The number of amides is 1. The standard InChI is InChI=1S/C28H36N4O2/c1-30(20-22-5-3-2-4-6-22)21-23-7-11-25(12-8-23)32-26(13-16-29-32)19-28(34)14-17-31(18-15-28)27(33)24-9-10-24/h2-8,11-12,16,24,26,34H,9-10,13-15,17-21H2,1H3. The first kappa shape index (κ1) is 23.1. The van der Waals surface area contributed by atoms with E-state index in [9.17, 15) is 9.90 Å². The Morgan fingerprint density at radius 3 is 2.32 bits per heavy atom. The fraction of sp³-hybridized carbons (Fsp3) is 0.500. The third kappa shape index (κ3) is 5.50. The minimum Gasteiger partial charge on any atom is -0.390 e. The average molecular weight is 461 g/mol. The first-order chi connectivity index (χ1) is 16.5. The molecule has 5 rings (SSSR count). The first-order valence-corrected chi connectivity index (χ1v) is 12.6. The van der Waals surface area contributed by atoms with E-state index in [0.29, 0.717) is 38.3 Å². The van der Waals surface area contributed by atoms with E-state index in [1.165, 1.54) is 11.1 Å². The molecular weight excluding hydrogens is 424 g/mol. The van der Waals surface area contributed by atoms with Crippen LogP contribution in [0.4, 0.5) is 5.69 Å². The van der Waals surface area contributed by atoms with Gasteiger partial charge in [-0.05, 0) is 62.4 Å². The van der Waals surface area contributed by atoms with Crippen LogP contribution in [0.25, 0.3) is 0 Å². The lowest BCUT2D eigenvalue weighted by molar-refractivity contribution is -0.137. The normalized spacial score (nSPS) is 21.9. The lowest BCUT2D eigenvalue weighted by Crippen LogP contribution is -2.49. The molecule has 1 saturated heterocycles. The number of likely N-dealkylation sites (tertiary alicyclic amines) is 1. The van der Waals surface area contributed by atoms with Crippen LogP contribution in [0.15, 0.2) is 59.7 Å². The molecule has 0 aromatic heterocycles. The molecule has 1 atom stereocenters. The van der Waals surface area contributed by atoms with Gasteiger partial charge in [0.15, 0.2) is 0 Å². The second-order valence-corrected chi connectivity index (χ2v) is 10.4. The van der Waals surface area contributed by atoms with Crippen LogP contribution < -0.4 is 5.01 Å². The molecular formula is C28H36N4O2. The van der Waals surface area contributed by atoms with E-state index >= 15 is 0 Å². The largest absolute Gasteiger partial charge is 0.390 e. The molecule has 2 aliphatic heterocycles. The minimum absolute atomic E-state index is 0.155. The van der Waals surface area contributed by atoms with Gasteiger partial charge >= 0.3 is 0 Å². The topological polar surface area (TPSA) is 59.4 Å². The Balaban J connectivity index is 1.15. The van der Waals surface area contributed by atoms with Crippen LogP contribution in [0.2, 0.25) is 0 Å². The maximum atomic E-state index is 12.4. The van der Waals surface area contributed by atoms with Crippen molar-refractivity contribution in [3.63, 3.8) is 0 Å². The molecule has 0 spiro atoms. The zero-order valence-corrected chi connectivity index (χ0v) is 20.1. The van der Waals surface area contributed by atoms with Gasteiger partial charge < -0.3 is 10.0 Å². The van der Waals surface area contributed by atoms with Crippen molar-refractivity contribution in [2.24, 2.45) is 11.0 Å². The summed E-state index contributed by atoms with van der Waals surface area (Å²) in [6, 6.07) is 19.3. The highest BCUT2D eigenvalue weighted by Crippen LogP contribution is 2.36. The highest BCUT2D eigenvalue weighted by molar-refractivity contribution is 5.81. The van der Waals surface area contributed by atoms with Crippen molar-refractivity contribution in [2.75, 3.05) is 25.1 Å². The molecule has 2 aromatic rings. The van der Waals surface area contributed by atoms with Crippen molar-refractivity contribution < 1.29 is 9.90 Å². The van der Waals surface area contributed by atoms with Gasteiger partial charge in [-0.1, -0.05) is 42.5 Å². The smallest absolute Gasteiger partial charge is 0.225 e. The van der Waals surface area contributed by atoms with Crippen molar-refractivity contribution >= 4 is 17.8 Å². The third-order valence-corrected chi connectivity index (χ3v) is 7.43. The molecule has 1 aliphatic carbocycles. The van der Waals surface area contributed by atoms with Crippen molar-refractivity contribution in [3.8, 4) is 0 Å². The molecule has 1 N–H and O–H groups in total. The van der Waals surface area contributed by atoms with Crippen LogP contribution in [0.1, 0.15) is 49.7 Å². The molecule has 3 aliphatic rings. The van der Waals surface area contributed by atoms with Crippen LogP contribution in [-0.2, 0) is 17.9 Å². The number of nitrogens with zero attached hydrogens (tertiary/aromatic N) is 4. The molecule has 2 aromatic carbocycles. The molecule has 6 heteroatoms. The summed E-state index contributed by atoms with van der Waals surface area (Å²) in [5.74, 6) is 0.549. The molecule has 34 heavy (non-hydrogen) atoms. The van der Waals surface area contributed by atoms with Gasteiger partial charge in [0, 0.05) is 44.7 Å². The van der Waals surface area contributed by atoms with Crippen LogP contribution in [0.3, 0.4) is 0 Å². The number of carbonyl (C=O) groups excluding carboxylic acids is 1. The zero-order valence-electron chi connectivity index (χ0n) is 20.1. The summed E-state index contributed by atoms with van der Waals surface area (Å²) in [5.41, 5.74) is 2.93. The van der Waals surface area contributed by atoms with E-state index in [4.69, 9.17) is 0 Å². The lowest BCUT2D eigenvalue weighted by Gasteiger charge is -2.40. The lowest BCUT2D eigenvalue weighted by atomic mass is 9.84. The van der Waals surface area contributed by atoms with E-state index in [2.05, 4.69) is 70.6 Å². The van der Waals surface area contributed by atoms with E-state index in [0.717, 1.165) is 38.0 Å². The molecule has 6 nitrogen and oxygen atoms in total. The number of hydrogen-bond acceptors (Lipinski definition) is 5. The number of hydrogen-bond donors (Lipinski definition) is 1. The van der Waals surface area contributed by atoms with Gasteiger partial charge in [0.05, 0.1) is 17.3 Å². The quantitative estimate of drug-likeness (QED) is 0.646. The van der Waals surface area contributed by atoms with Gasteiger partial charge in [-0.2, -0.15) is 5.10 Å². The third-order valence-electron chi connectivity index (χ3n) is 7.43. The van der Waals surface area contributed by atoms with Gasteiger partial charge in [-0.3, -0.25) is 14.7 Å². The highest BCUT2D eigenvalue weighted by Gasteiger charge is 2.41. The Hall–Kier alpha value is -2.70. The molecule has 0 bridgehead atoms. The number of anilines is 1. The van der Waals surface area contributed by atoms with E-state index in [1.54, 1.807) is 0 Å². The Kier molecular flexibility index (Phi) is 6.70. The summed E-state index contributed by atoms with van der Waals surface area (Å²) >= 11 is 0. The number of aliphatic hydroxyl groups is 1. The van der Waals surface area contributed by atoms with Gasteiger partial charge in [-0.15, -0.1) is 0 Å². The predicted molar refractivity (Wildman–Crippen MR) is 136 cm³/mol. The molecule has 1 unspecified atom stereocenters. The van der Waals surface area contributed by atoms with Crippen molar-refractivity contribution in [2.45, 2.75) is 63.3 Å². The van der Waals surface area contributed by atoms with Crippen LogP contribution in [-0.4, -0.2) is 58.8 Å². The number of rotatable bonds is 8. The summed E-state index contributed by atoms with van der Waals surface area (Å²) < 4.78 is 0. The van der Waals surface area contributed by atoms with Gasteiger partial charge in [0.2, 0.25) is 5.91 Å². The van der Waals surface area contributed by atoms with E-state index in [1.807, 2.05) is 17.2 Å². The second-order valence-electron chi connectivity index (χ2n) is 10.4. The monoisotopic (exact) mass is 460 g/mol. The fourth-order valence-corrected chi connectivity index (χ4v) is 5.29. The van der Waals surface area contributed by atoms with Crippen LogP contribution in [0, 0.1) is 5.92 Å². The SMILES string of the molecule is CN(Cc1ccccc1)Cc1ccc(N2N=CCC2CC2(O)CCN(C(=O)C3CC3)CC2)cc1. The minimum atomic E-state index is -0.725. The zero-order chi connectivity index (χ0) is 23.5. The highest BCUT2D eigenvalue weighted by atomic mass is 16.3. The molecule has 1 saturated carbocycles. The van der Waals surface area contributed by atoms with Gasteiger partial charge in [0.1, 0.15) is 0 Å². The Morgan fingerprint density at radius 1 is 1.03 bits per heavy atom. The number of benzene rings is 2. The maximum Gasteiger partial charge on any atom is 0.225 e.